The van der Waals surface area contributed by atoms with Gasteiger partial charge in [0.05, 0.1) is 6.10 Å². The molecule has 0 aliphatic heterocycles. The molecule has 0 radical (unpaired) electrons. The van der Waals surface area contributed by atoms with Crippen molar-refractivity contribution in [3.05, 3.63) is 33.3 Å². The molecule has 0 aliphatic carbocycles. The maximum Gasteiger partial charge on any atom is 0.106 e. The fourth-order valence-electron chi connectivity index (χ4n) is 1.22. The van der Waals surface area contributed by atoms with E-state index in [1.807, 2.05) is 0 Å². The minimum absolute atomic E-state index is 0.295. The molecule has 0 bridgehead atoms. The SMILES string of the molecule is OC(CCCl)C(O)c1cc(Br)ccc1Cl. The van der Waals surface area contributed by atoms with Gasteiger partial charge in [-0.15, -0.1) is 11.6 Å². The first kappa shape index (κ1) is 13.3. The fourth-order valence-corrected chi connectivity index (χ4v) is 2.05. The van der Waals surface area contributed by atoms with Gasteiger partial charge in [0.2, 0.25) is 0 Å². The van der Waals surface area contributed by atoms with E-state index >= 15 is 0 Å². The Balaban J connectivity index is 2.89. The molecule has 0 saturated heterocycles. The number of benzene rings is 1. The Kier molecular flexibility index (Phi) is 5.36. The Labute approximate surface area is 107 Å². The van der Waals surface area contributed by atoms with E-state index in [9.17, 15) is 10.2 Å². The van der Waals surface area contributed by atoms with E-state index in [1.165, 1.54) is 0 Å². The van der Waals surface area contributed by atoms with Crippen LogP contribution in [0.5, 0.6) is 0 Å². The number of rotatable bonds is 4. The Bertz CT molecular complexity index is 333. The van der Waals surface area contributed by atoms with Gasteiger partial charge in [-0.2, -0.15) is 0 Å². The van der Waals surface area contributed by atoms with Gasteiger partial charge in [0.1, 0.15) is 6.10 Å². The van der Waals surface area contributed by atoms with E-state index in [2.05, 4.69) is 15.9 Å². The van der Waals surface area contributed by atoms with Crippen LogP contribution in [-0.4, -0.2) is 22.2 Å². The van der Waals surface area contributed by atoms with Crippen LogP contribution in [0.15, 0.2) is 22.7 Å². The molecule has 0 aliphatic rings. The van der Waals surface area contributed by atoms with E-state index in [1.54, 1.807) is 18.2 Å². The normalized spacial score (nSPS) is 15.0. The number of hydrogen-bond acceptors (Lipinski definition) is 2. The van der Waals surface area contributed by atoms with E-state index in [0.717, 1.165) is 4.47 Å². The zero-order valence-corrected chi connectivity index (χ0v) is 10.9. The summed E-state index contributed by atoms with van der Waals surface area (Å²) < 4.78 is 0.805. The Hall–Kier alpha value is 0.200. The second-order valence-electron chi connectivity index (χ2n) is 3.16. The summed E-state index contributed by atoms with van der Waals surface area (Å²) in [6.07, 6.45) is -1.57. The highest BCUT2D eigenvalue weighted by Gasteiger charge is 2.20. The Morgan fingerprint density at radius 1 is 1.33 bits per heavy atom. The van der Waals surface area contributed by atoms with Crippen LogP contribution in [-0.2, 0) is 0 Å². The summed E-state index contributed by atoms with van der Waals surface area (Å²) in [5, 5.41) is 19.8. The average molecular weight is 314 g/mol. The van der Waals surface area contributed by atoms with Crippen molar-refractivity contribution < 1.29 is 10.2 Å². The van der Waals surface area contributed by atoms with E-state index in [-0.39, 0.29) is 0 Å². The Morgan fingerprint density at radius 2 is 2.00 bits per heavy atom. The molecular weight excluding hydrogens is 303 g/mol. The lowest BCUT2D eigenvalue weighted by Gasteiger charge is -2.18. The van der Waals surface area contributed by atoms with E-state index in [0.29, 0.717) is 22.9 Å². The number of hydrogen-bond donors (Lipinski definition) is 2. The molecule has 2 unspecified atom stereocenters. The van der Waals surface area contributed by atoms with Crippen LogP contribution in [0.2, 0.25) is 5.02 Å². The van der Waals surface area contributed by atoms with Crippen LogP contribution in [0.1, 0.15) is 18.1 Å². The van der Waals surface area contributed by atoms with Gasteiger partial charge in [-0.3, -0.25) is 0 Å². The quantitative estimate of drug-likeness (QED) is 0.838. The third-order valence-electron chi connectivity index (χ3n) is 2.05. The lowest BCUT2D eigenvalue weighted by atomic mass is 10.0. The molecule has 2 N–H and O–H groups in total. The minimum atomic E-state index is -1.01. The van der Waals surface area contributed by atoms with Crippen LogP contribution in [0.25, 0.3) is 0 Å². The average Bonchev–Trinajstić information content (AvgIpc) is 2.21. The fraction of sp³-hybridized carbons (Fsp3) is 0.400. The van der Waals surface area contributed by atoms with E-state index < -0.39 is 12.2 Å². The summed E-state index contributed by atoms with van der Waals surface area (Å²) in [6, 6.07) is 5.12. The molecule has 1 aromatic rings. The number of alkyl halides is 1. The summed E-state index contributed by atoms with van der Waals surface area (Å²) in [5.74, 6) is 0.295. The summed E-state index contributed by atoms with van der Waals surface area (Å²) in [5.41, 5.74) is 0.503. The van der Waals surface area contributed by atoms with Gasteiger partial charge in [-0.1, -0.05) is 27.5 Å². The van der Waals surface area contributed by atoms with Gasteiger partial charge in [0.25, 0.3) is 0 Å². The second-order valence-corrected chi connectivity index (χ2v) is 4.86. The van der Waals surface area contributed by atoms with Crippen LogP contribution in [0, 0.1) is 0 Å². The van der Waals surface area contributed by atoms with Gasteiger partial charge < -0.3 is 10.2 Å². The lowest BCUT2D eigenvalue weighted by Crippen LogP contribution is -2.19. The number of aliphatic hydroxyl groups is 2. The third-order valence-corrected chi connectivity index (χ3v) is 3.10. The van der Waals surface area contributed by atoms with Crippen molar-refractivity contribution >= 4 is 39.1 Å². The first-order valence-corrected chi connectivity index (χ1v) is 6.14. The van der Waals surface area contributed by atoms with Gasteiger partial charge in [-0.25, -0.2) is 0 Å². The predicted octanol–water partition coefficient (Wildman–Crippen LogP) is 3.13. The molecule has 84 valence electrons. The molecule has 0 spiro atoms. The van der Waals surface area contributed by atoms with Gasteiger partial charge >= 0.3 is 0 Å². The predicted molar refractivity (Wildman–Crippen MR) is 65.5 cm³/mol. The molecule has 2 atom stereocenters. The van der Waals surface area contributed by atoms with E-state index in [4.69, 9.17) is 23.2 Å². The minimum Gasteiger partial charge on any atom is -0.390 e. The van der Waals surface area contributed by atoms with Crippen LogP contribution in [0.4, 0.5) is 0 Å². The molecule has 0 aromatic heterocycles. The molecule has 0 amide bonds. The zero-order chi connectivity index (χ0) is 11.4. The molecule has 15 heavy (non-hydrogen) atoms. The van der Waals surface area contributed by atoms with Crippen LogP contribution >= 0.6 is 39.1 Å². The van der Waals surface area contributed by atoms with Crippen molar-refractivity contribution in [1.82, 2.24) is 0 Å². The van der Waals surface area contributed by atoms with Crippen molar-refractivity contribution in [3.8, 4) is 0 Å². The lowest BCUT2D eigenvalue weighted by molar-refractivity contribution is 0.0170. The molecule has 0 fully saturated rings. The molecule has 1 rings (SSSR count). The molecule has 0 heterocycles. The van der Waals surface area contributed by atoms with Crippen molar-refractivity contribution in [3.63, 3.8) is 0 Å². The van der Waals surface area contributed by atoms with Crippen molar-refractivity contribution in [2.75, 3.05) is 5.88 Å². The highest BCUT2D eigenvalue weighted by atomic mass is 79.9. The standard InChI is InChI=1S/C10H11BrCl2O2/c11-6-1-2-8(13)7(5-6)10(15)9(14)3-4-12/h1-2,5,9-10,14-15H,3-4H2. The molecule has 2 nitrogen and oxygen atoms in total. The maximum absolute atomic E-state index is 9.81. The second kappa shape index (κ2) is 6.06. The highest BCUT2D eigenvalue weighted by molar-refractivity contribution is 9.10. The topological polar surface area (TPSA) is 40.5 Å². The summed E-state index contributed by atoms with van der Waals surface area (Å²) in [6.45, 7) is 0. The summed E-state index contributed by atoms with van der Waals surface area (Å²) >= 11 is 14.7. The smallest absolute Gasteiger partial charge is 0.106 e. The van der Waals surface area contributed by atoms with Gasteiger partial charge in [0.15, 0.2) is 0 Å². The number of halogens is 3. The first-order valence-electron chi connectivity index (χ1n) is 4.43. The molecular formula is C10H11BrCl2O2. The molecule has 0 saturated carbocycles. The largest absolute Gasteiger partial charge is 0.390 e. The monoisotopic (exact) mass is 312 g/mol. The van der Waals surface area contributed by atoms with Crippen molar-refractivity contribution in [2.45, 2.75) is 18.6 Å². The highest BCUT2D eigenvalue weighted by Crippen LogP contribution is 2.29. The summed E-state index contributed by atoms with van der Waals surface area (Å²) in [4.78, 5) is 0. The zero-order valence-electron chi connectivity index (χ0n) is 7.83. The molecule has 1 aromatic carbocycles. The van der Waals surface area contributed by atoms with Crippen molar-refractivity contribution in [1.29, 1.82) is 0 Å². The maximum atomic E-state index is 9.81. The first-order chi connectivity index (χ1) is 7.06. The van der Waals surface area contributed by atoms with Crippen LogP contribution in [0.3, 0.4) is 0 Å². The van der Waals surface area contributed by atoms with Crippen LogP contribution < -0.4 is 0 Å². The van der Waals surface area contributed by atoms with Gasteiger partial charge in [-0.05, 0) is 24.6 Å². The Morgan fingerprint density at radius 3 is 2.60 bits per heavy atom. The third kappa shape index (κ3) is 3.61. The van der Waals surface area contributed by atoms with Crippen molar-refractivity contribution in [2.24, 2.45) is 0 Å². The number of aliphatic hydroxyl groups excluding tert-OH is 2. The summed E-state index contributed by atoms with van der Waals surface area (Å²) in [7, 11) is 0. The molecule has 5 heteroatoms. The van der Waals surface area contributed by atoms with Gasteiger partial charge in [0, 0.05) is 20.9 Å².